The van der Waals surface area contributed by atoms with E-state index in [2.05, 4.69) is 4.90 Å². The Morgan fingerprint density at radius 2 is 2.17 bits per heavy atom. The normalized spacial score (nSPS) is 17.3. The maximum atomic E-state index is 12.3. The van der Waals surface area contributed by atoms with E-state index in [1.54, 1.807) is 6.20 Å². The Morgan fingerprint density at radius 1 is 1.43 bits per heavy atom. The lowest BCUT2D eigenvalue weighted by Crippen LogP contribution is -2.27. The van der Waals surface area contributed by atoms with Gasteiger partial charge in [0, 0.05) is 31.0 Å². The highest BCUT2D eigenvalue weighted by Crippen LogP contribution is 2.23. The fraction of sp³-hybridized carbons (Fsp3) is 0.375. The summed E-state index contributed by atoms with van der Waals surface area (Å²) in [5, 5.41) is 9.17. The lowest BCUT2D eigenvalue weighted by Gasteiger charge is -2.19. The van der Waals surface area contributed by atoms with Crippen LogP contribution in [0.1, 0.15) is 29.3 Å². The van der Waals surface area contributed by atoms with E-state index >= 15 is 0 Å². The van der Waals surface area contributed by atoms with E-state index in [0.29, 0.717) is 6.42 Å². The van der Waals surface area contributed by atoms with Crippen molar-refractivity contribution in [3.63, 3.8) is 0 Å². The molecule has 0 radical (unpaired) electrons. The number of hydrogen-bond acceptors (Lipinski definition) is 4. The van der Waals surface area contributed by atoms with Crippen molar-refractivity contribution in [1.82, 2.24) is 4.40 Å². The van der Waals surface area contributed by atoms with Gasteiger partial charge in [-0.15, -0.1) is 12.4 Å². The molecule has 0 bridgehead atoms. The zero-order valence-electron chi connectivity index (χ0n) is 12.9. The monoisotopic (exact) mass is 337 g/mol. The number of fused-ring (bicyclic) bond motifs is 1. The van der Waals surface area contributed by atoms with Crippen LogP contribution < -0.4 is 16.2 Å². The average molecular weight is 338 g/mol. The Morgan fingerprint density at radius 3 is 2.74 bits per heavy atom. The topological polar surface area (TPSA) is 88.0 Å². The van der Waals surface area contributed by atoms with Gasteiger partial charge in [0.2, 0.25) is 0 Å². The van der Waals surface area contributed by atoms with Crippen molar-refractivity contribution in [3.05, 3.63) is 45.9 Å². The fourth-order valence-electron chi connectivity index (χ4n) is 3.01. The molecule has 0 aliphatic carbocycles. The third kappa shape index (κ3) is 3.04. The van der Waals surface area contributed by atoms with Gasteiger partial charge in [-0.3, -0.25) is 9.20 Å². The smallest absolute Gasteiger partial charge is 0.341 e. The zero-order valence-corrected chi connectivity index (χ0v) is 13.7. The highest BCUT2D eigenvalue weighted by atomic mass is 35.5. The van der Waals surface area contributed by atoms with E-state index in [4.69, 9.17) is 10.8 Å². The molecule has 1 unspecified atom stereocenters. The summed E-state index contributed by atoms with van der Waals surface area (Å²) in [5.41, 5.74) is 7.89. The Labute approximate surface area is 139 Å². The quantitative estimate of drug-likeness (QED) is 0.886. The molecule has 3 N–H and O–H groups in total. The third-order valence-electron chi connectivity index (χ3n) is 4.24. The molecule has 0 spiro atoms. The molecular formula is C16H20ClN3O3. The van der Waals surface area contributed by atoms with E-state index in [1.165, 1.54) is 10.5 Å². The highest BCUT2D eigenvalue weighted by molar-refractivity contribution is 5.88. The van der Waals surface area contributed by atoms with Gasteiger partial charge in [-0.05, 0) is 36.6 Å². The van der Waals surface area contributed by atoms with Crippen LogP contribution in [-0.2, 0) is 6.42 Å². The summed E-state index contributed by atoms with van der Waals surface area (Å²) in [6.07, 6.45) is 3.27. The molecule has 7 heteroatoms. The van der Waals surface area contributed by atoms with Gasteiger partial charge in [0.15, 0.2) is 0 Å². The fourth-order valence-corrected chi connectivity index (χ4v) is 3.01. The van der Waals surface area contributed by atoms with Crippen LogP contribution in [0.25, 0.3) is 5.52 Å². The summed E-state index contributed by atoms with van der Waals surface area (Å²) < 4.78 is 1.42. The van der Waals surface area contributed by atoms with Gasteiger partial charge in [-0.2, -0.15) is 0 Å². The second kappa shape index (κ2) is 6.60. The van der Waals surface area contributed by atoms with Gasteiger partial charge in [0.1, 0.15) is 5.56 Å². The lowest BCUT2D eigenvalue weighted by molar-refractivity contribution is 0.0694. The van der Waals surface area contributed by atoms with Crippen molar-refractivity contribution in [2.45, 2.75) is 25.8 Å². The minimum atomic E-state index is -1.19. The maximum absolute atomic E-state index is 12.3. The van der Waals surface area contributed by atoms with E-state index in [1.807, 2.05) is 19.1 Å². The SMILES string of the molecule is CCc1cc(C(=O)O)c(=O)n2ccc(N3CCC(N)C3)cc12.Cl. The molecule has 0 saturated carbocycles. The van der Waals surface area contributed by atoms with Gasteiger partial charge in [0.25, 0.3) is 5.56 Å². The molecule has 3 heterocycles. The zero-order chi connectivity index (χ0) is 15.9. The van der Waals surface area contributed by atoms with Crippen LogP contribution in [0.4, 0.5) is 5.69 Å². The Kier molecular flexibility index (Phi) is 4.97. The molecule has 124 valence electrons. The molecule has 1 saturated heterocycles. The van der Waals surface area contributed by atoms with E-state index in [9.17, 15) is 9.59 Å². The number of hydrogen-bond donors (Lipinski definition) is 2. The van der Waals surface area contributed by atoms with Crippen molar-refractivity contribution in [1.29, 1.82) is 0 Å². The Bertz CT molecular complexity index is 803. The molecule has 1 atom stereocenters. The Hall–Kier alpha value is -2.05. The highest BCUT2D eigenvalue weighted by Gasteiger charge is 2.20. The summed E-state index contributed by atoms with van der Waals surface area (Å²) >= 11 is 0. The maximum Gasteiger partial charge on any atom is 0.341 e. The molecule has 23 heavy (non-hydrogen) atoms. The summed E-state index contributed by atoms with van der Waals surface area (Å²) in [6.45, 7) is 3.65. The van der Waals surface area contributed by atoms with Gasteiger partial charge in [-0.25, -0.2) is 4.79 Å². The van der Waals surface area contributed by atoms with Gasteiger partial charge < -0.3 is 15.7 Å². The number of anilines is 1. The average Bonchev–Trinajstić information content (AvgIpc) is 2.93. The summed E-state index contributed by atoms with van der Waals surface area (Å²) in [5.74, 6) is -1.19. The summed E-state index contributed by atoms with van der Waals surface area (Å²) in [7, 11) is 0. The number of carbonyl (C=O) groups is 1. The van der Waals surface area contributed by atoms with Crippen LogP contribution in [0.15, 0.2) is 29.2 Å². The standard InChI is InChI=1S/C16H19N3O3.ClH/c1-2-10-7-13(16(21)22)15(20)19-6-4-12(8-14(10)19)18-5-3-11(17)9-18;/h4,6-8,11H,2-3,5,9,17H2,1H3,(H,21,22);1H. The first kappa shape index (κ1) is 17.3. The second-order valence-corrected chi connectivity index (χ2v) is 5.68. The van der Waals surface area contributed by atoms with Crippen LogP contribution in [-0.4, -0.2) is 34.6 Å². The molecule has 0 amide bonds. The molecule has 1 fully saturated rings. The first-order chi connectivity index (χ1) is 10.5. The van der Waals surface area contributed by atoms with Crippen molar-refractivity contribution in [3.8, 4) is 0 Å². The molecule has 0 aromatic carbocycles. The van der Waals surface area contributed by atoms with Crippen molar-refractivity contribution in [2.24, 2.45) is 5.73 Å². The molecule has 2 aromatic heterocycles. The van der Waals surface area contributed by atoms with Gasteiger partial charge >= 0.3 is 5.97 Å². The number of aryl methyl sites for hydroxylation is 1. The van der Waals surface area contributed by atoms with E-state index < -0.39 is 11.5 Å². The molecule has 3 rings (SSSR count). The molecule has 1 aliphatic rings. The minimum Gasteiger partial charge on any atom is -0.477 e. The lowest BCUT2D eigenvalue weighted by atomic mass is 10.1. The van der Waals surface area contributed by atoms with Crippen LogP contribution in [0.3, 0.4) is 0 Å². The van der Waals surface area contributed by atoms with Crippen LogP contribution in [0.5, 0.6) is 0 Å². The van der Waals surface area contributed by atoms with Crippen molar-refractivity contribution < 1.29 is 9.90 Å². The van der Waals surface area contributed by atoms with Crippen LogP contribution in [0.2, 0.25) is 0 Å². The van der Waals surface area contributed by atoms with Gasteiger partial charge in [-0.1, -0.05) is 6.92 Å². The first-order valence-corrected chi connectivity index (χ1v) is 7.43. The number of nitrogens with two attached hydrogens (primary N) is 1. The first-order valence-electron chi connectivity index (χ1n) is 7.43. The van der Waals surface area contributed by atoms with E-state index in [-0.39, 0.29) is 24.0 Å². The number of carboxylic acid groups (broad SMARTS) is 1. The molecular weight excluding hydrogens is 318 g/mol. The second-order valence-electron chi connectivity index (χ2n) is 5.68. The predicted octanol–water partition coefficient (Wildman–Crippen LogP) is 1.52. The number of aromatic nitrogens is 1. The minimum absolute atomic E-state index is 0. The molecule has 6 nitrogen and oxygen atoms in total. The number of aromatic carboxylic acids is 1. The molecule has 2 aromatic rings. The molecule has 1 aliphatic heterocycles. The van der Waals surface area contributed by atoms with E-state index in [0.717, 1.165) is 36.3 Å². The number of pyridine rings is 2. The Balaban J connectivity index is 0.00000192. The number of nitrogens with zero attached hydrogens (tertiary/aromatic N) is 2. The largest absolute Gasteiger partial charge is 0.477 e. The van der Waals surface area contributed by atoms with Crippen LogP contribution >= 0.6 is 12.4 Å². The van der Waals surface area contributed by atoms with Crippen molar-refractivity contribution >= 4 is 29.6 Å². The third-order valence-corrected chi connectivity index (χ3v) is 4.24. The summed E-state index contributed by atoms with van der Waals surface area (Å²) in [4.78, 5) is 25.7. The summed E-state index contributed by atoms with van der Waals surface area (Å²) in [6, 6.07) is 5.46. The predicted molar refractivity (Wildman–Crippen MR) is 92.1 cm³/mol. The number of carboxylic acids is 1. The number of rotatable bonds is 3. The number of halogens is 1. The van der Waals surface area contributed by atoms with Crippen molar-refractivity contribution in [2.75, 3.05) is 18.0 Å². The van der Waals surface area contributed by atoms with Crippen LogP contribution in [0, 0.1) is 0 Å². The van der Waals surface area contributed by atoms with Gasteiger partial charge in [0.05, 0.1) is 5.52 Å².